The number of guanidine groups is 1. The molecular formula is C20H34IN5O. The number of hydrogen-bond donors (Lipinski definition) is 3. The van der Waals surface area contributed by atoms with E-state index in [2.05, 4.69) is 58.6 Å². The molecule has 0 bridgehead atoms. The molecule has 0 aliphatic carbocycles. The molecule has 4 N–H and O–H groups in total. The first kappa shape index (κ1) is 23.7. The van der Waals surface area contributed by atoms with Crippen molar-refractivity contribution in [3.05, 3.63) is 35.4 Å². The van der Waals surface area contributed by atoms with Gasteiger partial charge in [-0.3, -0.25) is 4.79 Å². The number of aliphatic imine (C=N–C) groups is 1. The number of rotatable bonds is 8. The van der Waals surface area contributed by atoms with E-state index in [0.717, 1.165) is 57.9 Å². The second kappa shape index (κ2) is 12.9. The van der Waals surface area contributed by atoms with Crippen LogP contribution in [0.1, 0.15) is 37.3 Å². The Labute approximate surface area is 180 Å². The molecule has 27 heavy (non-hydrogen) atoms. The van der Waals surface area contributed by atoms with Crippen LogP contribution in [-0.4, -0.2) is 49.5 Å². The number of aryl methyl sites for hydroxylation is 1. The minimum absolute atomic E-state index is 0. The van der Waals surface area contributed by atoms with Crippen LogP contribution in [0, 0.1) is 12.8 Å². The molecule has 1 heterocycles. The van der Waals surface area contributed by atoms with Crippen molar-refractivity contribution in [3.63, 3.8) is 0 Å². The highest BCUT2D eigenvalue weighted by molar-refractivity contribution is 14.0. The third-order valence-corrected chi connectivity index (χ3v) is 4.70. The zero-order chi connectivity index (χ0) is 18.8. The number of amides is 1. The van der Waals surface area contributed by atoms with Crippen LogP contribution >= 0.6 is 24.0 Å². The maximum Gasteiger partial charge on any atom is 0.221 e. The lowest BCUT2D eigenvalue weighted by Crippen LogP contribution is -2.43. The van der Waals surface area contributed by atoms with E-state index in [0.29, 0.717) is 6.54 Å². The number of carbonyl (C=O) groups excluding carboxylic acids is 1. The number of nitrogens with one attached hydrogen (secondary N) is 2. The molecule has 2 rings (SSSR count). The maximum absolute atomic E-state index is 11.4. The summed E-state index contributed by atoms with van der Waals surface area (Å²) in [4.78, 5) is 18.4. The van der Waals surface area contributed by atoms with Gasteiger partial charge in [0.25, 0.3) is 0 Å². The number of benzene rings is 1. The first-order valence-corrected chi connectivity index (χ1v) is 9.68. The van der Waals surface area contributed by atoms with E-state index in [-0.39, 0.29) is 35.8 Å². The smallest absolute Gasteiger partial charge is 0.221 e. The van der Waals surface area contributed by atoms with Crippen molar-refractivity contribution in [2.24, 2.45) is 16.6 Å². The average Bonchev–Trinajstić information content (AvgIpc) is 2.63. The van der Waals surface area contributed by atoms with E-state index < -0.39 is 0 Å². The first-order chi connectivity index (χ1) is 12.6. The second-order valence-electron chi connectivity index (χ2n) is 7.01. The lowest BCUT2D eigenvalue weighted by Gasteiger charge is -2.31. The third-order valence-electron chi connectivity index (χ3n) is 4.70. The SMILES string of the molecule is CCNC(=NCc1cccc(C)c1)NCCCN1CCCC(C(N)=O)C1.I. The molecule has 7 heteroatoms. The first-order valence-electron chi connectivity index (χ1n) is 9.68. The van der Waals surface area contributed by atoms with Gasteiger partial charge in [-0.05, 0) is 51.8 Å². The van der Waals surface area contributed by atoms with Gasteiger partial charge in [0, 0.05) is 19.6 Å². The Morgan fingerprint density at radius 3 is 2.89 bits per heavy atom. The molecule has 0 saturated carbocycles. The standard InChI is InChI=1S/C20H33N5O.HI/c1-3-22-20(24-14-17-8-4-7-16(2)13-17)23-10-6-12-25-11-5-9-18(15-25)19(21)26;/h4,7-8,13,18H,3,5-6,9-12,14-15H2,1-2H3,(H2,21,26)(H2,22,23,24);1H. The number of halogens is 1. The molecule has 1 saturated heterocycles. The minimum Gasteiger partial charge on any atom is -0.369 e. The Morgan fingerprint density at radius 2 is 2.19 bits per heavy atom. The topological polar surface area (TPSA) is 82.8 Å². The van der Waals surface area contributed by atoms with E-state index in [9.17, 15) is 4.79 Å². The fourth-order valence-electron chi connectivity index (χ4n) is 3.32. The summed E-state index contributed by atoms with van der Waals surface area (Å²) in [6.07, 6.45) is 3.00. The number of primary amides is 1. The predicted octanol–water partition coefficient (Wildman–Crippen LogP) is 2.26. The van der Waals surface area contributed by atoms with Gasteiger partial charge < -0.3 is 21.3 Å². The molecular weight excluding hydrogens is 453 g/mol. The van der Waals surface area contributed by atoms with Crippen LogP contribution < -0.4 is 16.4 Å². The highest BCUT2D eigenvalue weighted by Gasteiger charge is 2.23. The van der Waals surface area contributed by atoms with E-state index in [1.54, 1.807) is 0 Å². The zero-order valence-corrected chi connectivity index (χ0v) is 18.9. The Balaban J connectivity index is 0.00000364. The summed E-state index contributed by atoms with van der Waals surface area (Å²) in [5.74, 6) is 0.707. The zero-order valence-electron chi connectivity index (χ0n) is 16.5. The normalized spacial score (nSPS) is 17.9. The lowest BCUT2D eigenvalue weighted by molar-refractivity contribution is -0.123. The van der Waals surface area contributed by atoms with Crippen LogP contribution in [-0.2, 0) is 11.3 Å². The van der Waals surface area contributed by atoms with Gasteiger partial charge >= 0.3 is 0 Å². The summed E-state index contributed by atoms with van der Waals surface area (Å²) in [5, 5.41) is 6.69. The highest BCUT2D eigenvalue weighted by Crippen LogP contribution is 2.15. The van der Waals surface area contributed by atoms with E-state index in [4.69, 9.17) is 5.73 Å². The molecule has 1 aromatic carbocycles. The summed E-state index contributed by atoms with van der Waals surface area (Å²) in [6.45, 7) is 9.38. The number of likely N-dealkylation sites (tertiary alicyclic amines) is 1. The summed E-state index contributed by atoms with van der Waals surface area (Å²) < 4.78 is 0. The van der Waals surface area contributed by atoms with Gasteiger partial charge in [0.15, 0.2) is 5.96 Å². The quantitative estimate of drug-likeness (QED) is 0.228. The number of carbonyl (C=O) groups is 1. The maximum atomic E-state index is 11.4. The van der Waals surface area contributed by atoms with Crippen LogP contribution in [0.2, 0.25) is 0 Å². The van der Waals surface area contributed by atoms with Crippen molar-refractivity contribution >= 4 is 35.8 Å². The summed E-state index contributed by atoms with van der Waals surface area (Å²) in [7, 11) is 0. The van der Waals surface area contributed by atoms with Crippen LogP contribution in [0.3, 0.4) is 0 Å². The van der Waals surface area contributed by atoms with Crippen LogP contribution in [0.4, 0.5) is 0 Å². The van der Waals surface area contributed by atoms with Gasteiger partial charge in [-0.25, -0.2) is 4.99 Å². The number of piperidine rings is 1. The molecule has 0 radical (unpaired) electrons. The molecule has 1 amide bonds. The number of nitrogens with two attached hydrogens (primary N) is 1. The molecule has 6 nitrogen and oxygen atoms in total. The predicted molar refractivity (Wildman–Crippen MR) is 122 cm³/mol. The van der Waals surface area contributed by atoms with Gasteiger partial charge in [-0.2, -0.15) is 0 Å². The van der Waals surface area contributed by atoms with Gasteiger partial charge in [0.05, 0.1) is 12.5 Å². The van der Waals surface area contributed by atoms with E-state index in [1.807, 2.05) is 0 Å². The van der Waals surface area contributed by atoms with Crippen molar-refractivity contribution in [2.75, 3.05) is 32.7 Å². The van der Waals surface area contributed by atoms with Gasteiger partial charge in [0.2, 0.25) is 5.91 Å². The van der Waals surface area contributed by atoms with Gasteiger partial charge in [-0.1, -0.05) is 29.8 Å². The van der Waals surface area contributed by atoms with Gasteiger partial charge in [-0.15, -0.1) is 24.0 Å². The van der Waals surface area contributed by atoms with Crippen LogP contribution in [0.5, 0.6) is 0 Å². The third kappa shape index (κ3) is 8.92. The Morgan fingerprint density at radius 1 is 1.37 bits per heavy atom. The molecule has 152 valence electrons. The Kier molecular flexibility index (Phi) is 11.3. The fraction of sp³-hybridized carbons (Fsp3) is 0.600. The van der Waals surface area contributed by atoms with E-state index in [1.165, 1.54) is 11.1 Å². The number of nitrogens with zero attached hydrogens (tertiary/aromatic N) is 2. The average molecular weight is 487 g/mol. The van der Waals surface area contributed by atoms with Crippen LogP contribution in [0.15, 0.2) is 29.3 Å². The minimum atomic E-state index is -0.162. The second-order valence-corrected chi connectivity index (χ2v) is 7.01. The van der Waals surface area contributed by atoms with Crippen molar-refractivity contribution in [2.45, 2.75) is 39.7 Å². The van der Waals surface area contributed by atoms with Crippen molar-refractivity contribution in [1.29, 1.82) is 0 Å². The van der Waals surface area contributed by atoms with Crippen molar-refractivity contribution < 1.29 is 4.79 Å². The summed E-state index contributed by atoms with van der Waals surface area (Å²) in [5.41, 5.74) is 7.92. The summed E-state index contributed by atoms with van der Waals surface area (Å²) in [6, 6.07) is 8.43. The number of hydrogen-bond acceptors (Lipinski definition) is 3. The highest BCUT2D eigenvalue weighted by atomic mass is 127. The monoisotopic (exact) mass is 487 g/mol. The fourth-order valence-corrected chi connectivity index (χ4v) is 3.32. The molecule has 1 aliphatic heterocycles. The van der Waals surface area contributed by atoms with Crippen molar-refractivity contribution in [1.82, 2.24) is 15.5 Å². The molecule has 1 aliphatic rings. The largest absolute Gasteiger partial charge is 0.369 e. The molecule has 0 spiro atoms. The Bertz CT molecular complexity index is 608. The molecule has 1 atom stereocenters. The van der Waals surface area contributed by atoms with Crippen LogP contribution in [0.25, 0.3) is 0 Å². The summed E-state index contributed by atoms with van der Waals surface area (Å²) >= 11 is 0. The van der Waals surface area contributed by atoms with Crippen molar-refractivity contribution in [3.8, 4) is 0 Å². The molecule has 1 aromatic rings. The molecule has 0 aromatic heterocycles. The van der Waals surface area contributed by atoms with Gasteiger partial charge in [0.1, 0.15) is 0 Å². The van der Waals surface area contributed by atoms with E-state index >= 15 is 0 Å². The lowest BCUT2D eigenvalue weighted by atomic mass is 9.97. The molecule has 1 fully saturated rings. The molecule has 1 unspecified atom stereocenters. The Hall–Kier alpha value is -1.35.